The summed E-state index contributed by atoms with van der Waals surface area (Å²) in [4.78, 5) is 15.6. The van der Waals surface area contributed by atoms with E-state index in [0.717, 1.165) is 11.3 Å². The number of pyridine rings is 1. The third kappa shape index (κ3) is 4.58. The van der Waals surface area contributed by atoms with E-state index in [-0.39, 0.29) is 5.91 Å². The largest absolute Gasteiger partial charge is 0.490 e. The third-order valence-corrected chi connectivity index (χ3v) is 2.55. The Bertz CT molecular complexity index is 622. The zero-order valence-corrected chi connectivity index (χ0v) is 11.4. The Kier molecular flexibility index (Phi) is 5.23. The molecule has 0 aliphatic carbocycles. The van der Waals surface area contributed by atoms with E-state index < -0.39 is 0 Å². The van der Waals surface area contributed by atoms with Gasteiger partial charge < -0.3 is 4.74 Å². The minimum Gasteiger partial charge on any atom is -0.490 e. The highest BCUT2D eigenvalue weighted by Gasteiger charge is 2.02. The maximum Gasteiger partial charge on any atom is 0.272 e. The van der Waals surface area contributed by atoms with Crippen LogP contribution in [0, 0.1) is 0 Å². The number of rotatable bonds is 6. The molecule has 1 aromatic heterocycles. The number of ether oxygens (including phenoxy) is 1. The molecule has 0 saturated carbocycles. The molecule has 0 bridgehead atoms. The number of nitrogens with zero attached hydrogens (tertiary/aromatic N) is 2. The topological polar surface area (TPSA) is 63.6 Å². The molecule has 0 unspecified atom stereocenters. The van der Waals surface area contributed by atoms with E-state index in [1.807, 2.05) is 24.3 Å². The molecular weight excluding hydrogens is 266 g/mol. The fraction of sp³-hybridized carbons (Fsp3) is 0.0625. The summed E-state index contributed by atoms with van der Waals surface area (Å²) in [6, 6.07) is 10.7. The molecule has 1 heterocycles. The fourth-order valence-corrected chi connectivity index (χ4v) is 1.53. The van der Waals surface area contributed by atoms with Crippen LogP contribution in [-0.4, -0.2) is 23.7 Å². The molecule has 0 radical (unpaired) electrons. The van der Waals surface area contributed by atoms with Crippen molar-refractivity contribution in [2.75, 3.05) is 6.61 Å². The molecule has 1 amide bonds. The van der Waals surface area contributed by atoms with Gasteiger partial charge in [0, 0.05) is 12.4 Å². The molecule has 21 heavy (non-hydrogen) atoms. The summed E-state index contributed by atoms with van der Waals surface area (Å²) in [5, 5.41) is 3.90. The Hall–Kier alpha value is -2.95. The lowest BCUT2D eigenvalue weighted by Gasteiger charge is -2.02. The summed E-state index contributed by atoms with van der Waals surface area (Å²) in [7, 11) is 0. The minimum atomic E-state index is -0.301. The number of hydrazone groups is 1. The molecule has 0 spiro atoms. The average Bonchev–Trinajstić information content (AvgIpc) is 2.55. The highest BCUT2D eigenvalue weighted by Crippen LogP contribution is 2.10. The number of carbonyl (C=O) groups is 1. The molecule has 5 heteroatoms. The lowest BCUT2D eigenvalue weighted by Crippen LogP contribution is -2.17. The number of nitrogens with one attached hydrogen (secondary N) is 1. The van der Waals surface area contributed by atoms with Crippen LogP contribution < -0.4 is 10.2 Å². The Morgan fingerprint density at radius 1 is 1.33 bits per heavy atom. The second-order valence-corrected chi connectivity index (χ2v) is 4.11. The predicted octanol–water partition coefficient (Wildman–Crippen LogP) is 2.41. The van der Waals surface area contributed by atoms with Crippen molar-refractivity contribution in [3.05, 3.63) is 72.6 Å². The van der Waals surface area contributed by atoms with Gasteiger partial charge in [-0.15, -0.1) is 0 Å². The molecule has 0 aliphatic heterocycles. The minimum absolute atomic E-state index is 0.301. The molecule has 106 valence electrons. The Morgan fingerprint density at radius 2 is 2.14 bits per heavy atom. The van der Waals surface area contributed by atoms with Gasteiger partial charge >= 0.3 is 0 Å². The van der Waals surface area contributed by atoms with Crippen LogP contribution in [0.1, 0.15) is 15.9 Å². The summed E-state index contributed by atoms with van der Waals surface area (Å²) in [6.07, 6.45) is 6.33. The fourth-order valence-electron chi connectivity index (χ4n) is 1.53. The van der Waals surface area contributed by atoms with Gasteiger partial charge in [-0.1, -0.05) is 12.7 Å². The monoisotopic (exact) mass is 281 g/mol. The van der Waals surface area contributed by atoms with E-state index >= 15 is 0 Å². The van der Waals surface area contributed by atoms with E-state index in [1.165, 1.54) is 6.20 Å². The number of amides is 1. The summed E-state index contributed by atoms with van der Waals surface area (Å²) in [5.74, 6) is 0.455. The normalized spacial score (nSPS) is 10.3. The van der Waals surface area contributed by atoms with Crippen molar-refractivity contribution in [3.63, 3.8) is 0 Å². The Morgan fingerprint density at radius 3 is 2.81 bits per heavy atom. The maximum atomic E-state index is 11.7. The van der Waals surface area contributed by atoms with Crippen LogP contribution in [-0.2, 0) is 0 Å². The summed E-state index contributed by atoms with van der Waals surface area (Å²) < 4.78 is 5.37. The third-order valence-electron chi connectivity index (χ3n) is 2.55. The lowest BCUT2D eigenvalue weighted by molar-refractivity contribution is 0.0955. The molecule has 0 saturated heterocycles. The van der Waals surface area contributed by atoms with Gasteiger partial charge in [-0.2, -0.15) is 5.10 Å². The van der Waals surface area contributed by atoms with Gasteiger partial charge in [0.15, 0.2) is 0 Å². The first kappa shape index (κ1) is 14.5. The molecule has 0 aliphatic rings. The Labute approximate surface area is 123 Å². The summed E-state index contributed by atoms with van der Waals surface area (Å²) >= 11 is 0. The van der Waals surface area contributed by atoms with Crippen molar-refractivity contribution in [3.8, 4) is 5.75 Å². The first-order valence-corrected chi connectivity index (χ1v) is 6.37. The highest BCUT2D eigenvalue weighted by molar-refractivity contribution is 5.94. The van der Waals surface area contributed by atoms with Crippen LogP contribution in [0.5, 0.6) is 5.75 Å². The lowest BCUT2D eigenvalue weighted by atomic mass is 10.2. The standard InChI is InChI=1S/C16H15N3O2/c1-2-10-21-15-7-5-13(6-8-15)11-18-19-16(20)14-4-3-9-17-12-14/h2-9,11-12H,1,10H2,(H,19,20)/b18-11+. The first-order valence-electron chi connectivity index (χ1n) is 6.37. The molecule has 0 atom stereocenters. The predicted molar refractivity (Wildman–Crippen MR) is 81.4 cm³/mol. The van der Waals surface area contributed by atoms with Crippen molar-refractivity contribution in [2.45, 2.75) is 0 Å². The maximum absolute atomic E-state index is 11.7. The molecule has 2 rings (SSSR count). The van der Waals surface area contributed by atoms with Gasteiger partial charge in [-0.3, -0.25) is 9.78 Å². The first-order chi connectivity index (χ1) is 10.3. The van der Waals surface area contributed by atoms with Gasteiger partial charge in [0.25, 0.3) is 5.91 Å². The number of hydrogen-bond donors (Lipinski definition) is 1. The number of benzene rings is 1. The van der Waals surface area contributed by atoms with Crippen LogP contribution in [0.15, 0.2) is 66.5 Å². The van der Waals surface area contributed by atoms with Crippen LogP contribution in [0.4, 0.5) is 0 Å². The van der Waals surface area contributed by atoms with Crippen LogP contribution in [0.3, 0.4) is 0 Å². The van der Waals surface area contributed by atoms with Crippen molar-refractivity contribution >= 4 is 12.1 Å². The second kappa shape index (κ2) is 7.59. The molecule has 0 fully saturated rings. The molecule has 1 N–H and O–H groups in total. The molecule has 5 nitrogen and oxygen atoms in total. The highest BCUT2D eigenvalue weighted by atomic mass is 16.5. The van der Waals surface area contributed by atoms with Crippen LogP contribution in [0.25, 0.3) is 0 Å². The number of carbonyl (C=O) groups excluding carboxylic acids is 1. The van der Waals surface area contributed by atoms with Crippen molar-refractivity contribution in [2.24, 2.45) is 5.10 Å². The second-order valence-electron chi connectivity index (χ2n) is 4.11. The quantitative estimate of drug-likeness (QED) is 0.502. The average molecular weight is 281 g/mol. The van der Waals surface area contributed by atoms with Crippen molar-refractivity contribution < 1.29 is 9.53 Å². The van der Waals surface area contributed by atoms with Gasteiger partial charge in [-0.05, 0) is 42.0 Å². The van der Waals surface area contributed by atoms with E-state index in [9.17, 15) is 4.79 Å². The Balaban J connectivity index is 1.89. The zero-order valence-electron chi connectivity index (χ0n) is 11.4. The van der Waals surface area contributed by atoms with Gasteiger partial charge in [0.05, 0.1) is 11.8 Å². The molecule has 2 aromatic rings. The van der Waals surface area contributed by atoms with Gasteiger partial charge in [0.1, 0.15) is 12.4 Å². The van der Waals surface area contributed by atoms with Gasteiger partial charge in [-0.25, -0.2) is 5.43 Å². The molecular formula is C16H15N3O2. The van der Waals surface area contributed by atoms with Gasteiger partial charge in [0.2, 0.25) is 0 Å². The van der Waals surface area contributed by atoms with Crippen molar-refractivity contribution in [1.29, 1.82) is 0 Å². The van der Waals surface area contributed by atoms with E-state index in [2.05, 4.69) is 22.1 Å². The summed E-state index contributed by atoms with van der Waals surface area (Å²) in [6.45, 7) is 4.05. The SMILES string of the molecule is C=CCOc1ccc(/C=N/NC(=O)c2cccnc2)cc1. The number of hydrogen-bond acceptors (Lipinski definition) is 4. The number of aromatic nitrogens is 1. The van der Waals surface area contributed by atoms with E-state index in [4.69, 9.17) is 4.74 Å². The summed E-state index contributed by atoms with van der Waals surface area (Å²) in [5.41, 5.74) is 3.76. The van der Waals surface area contributed by atoms with E-state index in [0.29, 0.717) is 12.2 Å². The smallest absolute Gasteiger partial charge is 0.272 e. The van der Waals surface area contributed by atoms with E-state index in [1.54, 1.807) is 30.6 Å². The zero-order chi connectivity index (χ0) is 14.9. The van der Waals surface area contributed by atoms with Crippen LogP contribution in [0.2, 0.25) is 0 Å². The molecule has 1 aromatic carbocycles. The van der Waals surface area contributed by atoms with Crippen LogP contribution >= 0.6 is 0 Å². The van der Waals surface area contributed by atoms with Crippen molar-refractivity contribution in [1.82, 2.24) is 10.4 Å².